The summed E-state index contributed by atoms with van der Waals surface area (Å²) in [6.45, 7) is 27.7. The third-order valence-corrected chi connectivity index (χ3v) is 14.9. The van der Waals surface area contributed by atoms with Gasteiger partial charge in [-0.2, -0.15) is 0 Å². The average molecular weight is 595 g/mol. The molecule has 5 heteroatoms. The highest BCUT2D eigenvalue weighted by atomic mass is 28.4. The summed E-state index contributed by atoms with van der Waals surface area (Å²) in [4.78, 5) is 14.3. The van der Waals surface area contributed by atoms with Gasteiger partial charge in [-0.05, 0) is 66.9 Å². The van der Waals surface area contributed by atoms with Gasteiger partial charge in [0.25, 0.3) is 0 Å². The highest BCUT2D eigenvalue weighted by Gasteiger charge is 2.45. The lowest BCUT2D eigenvalue weighted by molar-refractivity contribution is -0.156. The Labute approximate surface area is 258 Å². The Balaban J connectivity index is 2.51. The van der Waals surface area contributed by atoms with E-state index in [9.17, 15) is 9.90 Å². The molecule has 0 saturated heterocycles. The van der Waals surface area contributed by atoms with E-state index in [4.69, 9.17) is 9.16 Å². The van der Waals surface area contributed by atoms with Crippen LogP contribution >= 0.6 is 0 Å². The molecule has 0 fully saturated rings. The molecule has 0 saturated carbocycles. The van der Waals surface area contributed by atoms with Gasteiger partial charge in [-0.25, -0.2) is 4.79 Å². The Morgan fingerprint density at radius 2 is 1.29 bits per heavy atom. The van der Waals surface area contributed by atoms with Crippen molar-refractivity contribution in [2.75, 3.05) is 0 Å². The van der Waals surface area contributed by atoms with Gasteiger partial charge in [0, 0.05) is 11.8 Å². The molecular weight excluding hydrogens is 536 g/mol. The molecule has 0 unspecified atom stereocenters. The van der Waals surface area contributed by atoms with Crippen LogP contribution in [0.1, 0.15) is 99.6 Å². The third kappa shape index (κ3) is 8.45. The van der Waals surface area contributed by atoms with E-state index in [1.807, 2.05) is 50.2 Å². The number of aliphatic hydroxyl groups is 1. The van der Waals surface area contributed by atoms with Gasteiger partial charge in [0.05, 0.1) is 6.10 Å². The van der Waals surface area contributed by atoms with Crippen LogP contribution in [0.25, 0.3) is 0 Å². The van der Waals surface area contributed by atoms with E-state index >= 15 is 0 Å². The van der Waals surface area contributed by atoms with Crippen molar-refractivity contribution in [1.29, 1.82) is 0 Å². The number of esters is 1. The molecule has 234 valence electrons. The normalized spacial score (nSPS) is 17.2. The highest BCUT2D eigenvalue weighted by Crippen LogP contribution is 2.42. The molecule has 0 aliphatic heterocycles. The third-order valence-electron chi connectivity index (χ3n) is 10.4. The lowest BCUT2D eigenvalue weighted by atomic mass is 9.69. The molecule has 2 aromatic rings. The number of hydrogen-bond donors (Lipinski definition) is 1. The van der Waals surface area contributed by atoms with Gasteiger partial charge in [0.15, 0.2) is 14.4 Å². The Kier molecular flexibility index (Phi) is 12.4. The SMILES string of the molecule is CC[C@H](C)C(C)(C)[C@@H](O)[C@@H](C)/C(C)=C(\C)[C@H](C)OC(=O)[C@H](O[Si](C)(C)C(C)(C)C)C(c1ccccc1)c1ccccc1. The first kappa shape index (κ1) is 36.0. The number of aliphatic hydroxyl groups excluding tert-OH is 1. The zero-order valence-corrected chi connectivity index (χ0v) is 29.6. The van der Waals surface area contributed by atoms with Crippen LogP contribution in [-0.2, 0) is 14.0 Å². The number of benzene rings is 2. The van der Waals surface area contributed by atoms with E-state index < -0.39 is 26.6 Å². The monoisotopic (exact) mass is 594 g/mol. The molecule has 0 spiro atoms. The molecule has 42 heavy (non-hydrogen) atoms. The van der Waals surface area contributed by atoms with Crippen LogP contribution in [0.3, 0.4) is 0 Å². The van der Waals surface area contributed by atoms with Crippen molar-refractivity contribution in [3.05, 3.63) is 82.9 Å². The fourth-order valence-electron chi connectivity index (χ4n) is 5.32. The first-order valence-corrected chi connectivity index (χ1v) is 18.6. The first-order valence-electron chi connectivity index (χ1n) is 15.7. The maximum absolute atomic E-state index is 14.3. The quantitative estimate of drug-likeness (QED) is 0.143. The number of hydrogen-bond acceptors (Lipinski definition) is 4. The Morgan fingerprint density at radius 1 is 0.833 bits per heavy atom. The smallest absolute Gasteiger partial charge is 0.335 e. The maximum atomic E-state index is 14.3. The largest absolute Gasteiger partial charge is 0.456 e. The molecule has 0 amide bonds. The fourth-order valence-corrected chi connectivity index (χ4v) is 6.54. The van der Waals surface area contributed by atoms with Gasteiger partial charge < -0.3 is 14.3 Å². The molecule has 0 bridgehead atoms. The van der Waals surface area contributed by atoms with Gasteiger partial charge >= 0.3 is 5.97 Å². The van der Waals surface area contributed by atoms with Crippen LogP contribution in [0.15, 0.2) is 71.8 Å². The summed E-state index contributed by atoms with van der Waals surface area (Å²) in [5.41, 5.74) is 3.82. The molecule has 0 heterocycles. The molecule has 1 N–H and O–H groups in total. The van der Waals surface area contributed by atoms with Gasteiger partial charge in [0.1, 0.15) is 6.10 Å². The van der Waals surface area contributed by atoms with Crippen molar-refractivity contribution < 1.29 is 19.1 Å². The van der Waals surface area contributed by atoms with E-state index in [0.717, 1.165) is 28.7 Å². The number of rotatable bonds is 13. The van der Waals surface area contributed by atoms with Crippen molar-refractivity contribution in [2.24, 2.45) is 17.3 Å². The van der Waals surface area contributed by atoms with Crippen molar-refractivity contribution in [3.63, 3.8) is 0 Å². The standard InChI is InChI=1S/C37H58O4Si/c1-14-25(2)37(10,11)34(38)28(5)26(3)27(4)29(6)40-35(39)33(41-42(12,13)36(7,8)9)32(30-21-17-15-18-22-30)31-23-19-16-20-24-31/h15-25,28-29,32-34,38H,14H2,1-13H3/b27-26+/t25-,28-,29-,33+,34-/m0/s1. The predicted octanol–water partition coefficient (Wildman–Crippen LogP) is 9.55. The van der Waals surface area contributed by atoms with Gasteiger partial charge in [0.2, 0.25) is 0 Å². The van der Waals surface area contributed by atoms with Crippen LogP contribution in [0.5, 0.6) is 0 Å². The second-order valence-electron chi connectivity index (χ2n) is 14.4. The van der Waals surface area contributed by atoms with E-state index in [1.54, 1.807) is 0 Å². The zero-order valence-electron chi connectivity index (χ0n) is 28.6. The first-order chi connectivity index (χ1) is 19.4. The van der Waals surface area contributed by atoms with Crippen molar-refractivity contribution in [2.45, 2.75) is 125 Å². The molecule has 2 aromatic carbocycles. The van der Waals surface area contributed by atoms with Crippen LogP contribution in [0, 0.1) is 17.3 Å². The molecule has 2 rings (SSSR count). The van der Waals surface area contributed by atoms with Crippen LogP contribution in [-0.4, -0.2) is 37.7 Å². The molecule has 4 nitrogen and oxygen atoms in total. The highest BCUT2D eigenvalue weighted by molar-refractivity contribution is 6.74. The van der Waals surface area contributed by atoms with E-state index in [1.165, 1.54) is 0 Å². The molecule has 0 aliphatic carbocycles. The topological polar surface area (TPSA) is 55.8 Å². The number of carbonyl (C=O) groups excluding carboxylic acids is 1. The van der Waals surface area contributed by atoms with Crippen molar-refractivity contribution in [3.8, 4) is 0 Å². The summed E-state index contributed by atoms with van der Waals surface area (Å²) >= 11 is 0. The molecule has 0 aliphatic rings. The fraction of sp³-hybridized carbons (Fsp3) is 0.595. The molecular formula is C37H58O4Si. The van der Waals surface area contributed by atoms with Crippen LogP contribution in [0.4, 0.5) is 0 Å². The molecule has 0 aromatic heterocycles. The summed E-state index contributed by atoms with van der Waals surface area (Å²) in [6, 6.07) is 20.3. The van der Waals surface area contributed by atoms with E-state index in [-0.39, 0.29) is 28.3 Å². The van der Waals surface area contributed by atoms with E-state index in [2.05, 4.69) is 99.7 Å². The van der Waals surface area contributed by atoms with Crippen LogP contribution in [0.2, 0.25) is 18.1 Å². The van der Waals surface area contributed by atoms with Gasteiger partial charge in [-0.1, -0.05) is 128 Å². The van der Waals surface area contributed by atoms with Gasteiger partial charge in [-0.15, -0.1) is 0 Å². The molecule has 5 atom stereocenters. The zero-order chi connectivity index (χ0) is 32.0. The second-order valence-corrected chi connectivity index (χ2v) is 19.2. The maximum Gasteiger partial charge on any atom is 0.335 e. The minimum atomic E-state index is -2.37. The van der Waals surface area contributed by atoms with Gasteiger partial charge in [-0.3, -0.25) is 0 Å². The summed E-state index contributed by atoms with van der Waals surface area (Å²) in [6.07, 6.45) is -0.776. The van der Waals surface area contributed by atoms with E-state index in [0.29, 0.717) is 5.92 Å². The number of carbonyl (C=O) groups is 1. The minimum absolute atomic E-state index is 0.0733. The second kappa shape index (κ2) is 14.5. The average Bonchev–Trinajstić information content (AvgIpc) is 2.94. The Bertz CT molecular complexity index is 1120. The predicted molar refractivity (Wildman–Crippen MR) is 179 cm³/mol. The summed E-state index contributed by atoms with van der Waals surface area (Å²) in [5.74, 6) is -0.371. The minimum Gasteiger partial charge on any atom is -0.456 e. The summed E-state index contributed by atoms with van der Waals surface area (Å²) in [7, 11) is -2.37. The lowest BCUT2D eigenvalue weighted by Gasteiger charge is -2.41. The van der Waals surface area contributed by atoms with Crippen LogP contribution < -0.4 is 0 Å². The van der Waals surface area contributed by atoms with Crippen molar-refractivity contribution >= 4 is 14.3 Å². The molecule has 0 radical (unpaired) electrons. The summed E-state index contributed by atoms with van der Waals surface area (Å²) in [5, 5.41) is 11.3. The van der Waals surface area contributed by atoms with Crippen molar-refractivity contribution in [1.82, 2.24) is 0 Å². The summed E-state index contributed by atoms with van der Waals surface area (Å²) < 4.78 is 13.2. The Hall–Kier alpha value is -2.21. The Morgan fingerprint density at radius 3 is 1.69 bits per heavy atom. The number of ether oxygens (including phenoxy) is 1. The lowest BCUT2D eigenvalue weighted by Crippen LogP contribution is -2.49.